The van der Waals surface area contributed by atoms with E-state index in [0.29, 0.717) is 12.3 Å². The highest BCUT2D eigenvalue weighted by molar-refractivity contribution is 7.91. The first-order valence-corrected chi connectivity index (χ1v) is 8.51. The molecule has 0 aromatic heterocycles. The van der Waals surface area contributed by atoms with Gasteiger partial charge in [-0.3, -0.25) is 0 Å². The summed E-state index contributed by atoms with van der Waals surface area (Å²) in [6.45, 7) is 1.58. The summed E-state index contributed by atoms with van der Waals surface area (Å²) in [5.41, 5.74) is 0.267. The minimum absolute atomic E-state index is 0.00683. The van der Waals surface area contributed by atoms with Gasteiger partial charge in [-0.15, -0.1) is 11.6 Å². The average molecular weight is 319 g/mol. The van der Waals surface area contributed by atoms with Crippen molar-refractivity contribution in [3.8, 4) is 17.6 Å². The smallest absolute Gasteiger partial charge is 0.153 e. The zero-order chi connectivity index (χ0) is 15.0. The molecule has 0 saturated heterocycles. The summed E-state index contributed by atoms with van der Waals surface area (Å²) in [6.07, 6.45) is 0.494. The van der Waals surface area contributed by atoms with E-state index in [1.807, 2.05) is 0 Å². The maximum Gasteiger partial charge on any atom is 0.153 e. The average Bonchev–Trinajstić information content (AvgIpc) is 2.41. The van der Waals surface area contributed by atoms with E-state index in [4.69, 9.17) is 16.3 Å². The number of halogens is 2. The molecule has 0 saturated carbocycles. The molecule has 6 heteroatoms. The SMILES string of the molecule is CCS(=O)(=O)CCOc1ccc(C#CCCCl)c(F)c1. The van der Waals surface area contributed by atoms with Gasteiger partial charge in [-0.1, -0.05) is 18.8 Å². The van der Waals surface area contributed by atoms with Gasteiger partial charge in [0.05, 0.1) is 11.3 Å². The second kappa shape index (κ2) is 8.13. The van der Waals surface area contributed by atoms with Crippen LogP contribution in [-0.2, 0) is 9.84 Å². The van der Waals surface area contributed by atoms with Crippen LogP contribution in [0.15, 0.2) is 18.2 Å². The van der Waals surface area contributed by atoms with Gasteiger partial charge in [-0.25, -0.2) is 12.8 Å². The summed E-state index contributed by atoms with van der Waals surface area (Å²) in [5, 5.41) is 0. The highest BCUT2D eigenvalue weighted by atomic mass is 35.5. The van der Waals surface area contributed by atoms with Gasteiger partial charge in [-0.2, -0.15) is 0 Å². The van der Waals surface area contributed by atoms with E-state index in [1.165, 1.54) is 12.1 Å². The predicted molar refractivity (Wildman–Crippen MR) is 78.4 cm³/mol. The Kier molecular flexibility index (Phi) is 6.83. The van der Waals surface area contributed by atoms with Crippen LogP contribution in [0.1, 0.15) is 18.9 Å². The second-order valence-electron chi connectivity index (χ2n) is 3.97. The molecule has 3 nitrogen and oxygen atoms in total. The number of benzene rings is 1. The molecule has 1 rings (SSSR count). The molecule has 0 aliphatic heterocycles. The molecule has 0 amide bonds. The van der Waals surface area contributed by atoms with Crippen LogP contribution < -0.4 is 4.74 Å². The summed E-state index contributed by atoms with van der Waals surface area (Å²) in [5.74, 6) is 5.59. The van der Waals surface area contributed by atoms with Crippen LogP contribution in [0.4, 0.5) is 4.39 Å². The third-order valence-corrected chi connectivity index (χ3v) is 4.34. The van der Waals surface area contributed by atoms with E-state index in [9.17, 15) is 12.8 Å². The molecule has 0 radical (unpaired) electrons. The number of sulfone groups is 1. The summed E-state index contributed by atoms with van der Waals surface area (Å²) in [7, 11) is -3.08. The predicted octanol–water partition coefficient (Wildman–Crippen LogP) is 2.62. The molecule has 0 aliphatic rings. The molecule has 1 aromatic carbocycles. The normalized spacial score (nSPS) is 10.8. The van der Waals surface area contributed by atoms with Gasteiger partial charge < -0.3 is 4.74 Å². The number of hydrogen-bond acceptors (Lipinski definition) is 3. The lowest BCUT2D eigenvalue weighted by Gasteiger charge is -2.06. The first kappa shape index (κ1) is 16.8. The largest absolute Gasteiger partial charge is 0.492 e. The lowest BCUT2D eigenvalue weighted by molar-refractivity contribution is 0.339. The lowest BCUT2D eigenvalue weighted by atomic mass is 10.2. The van der Waals surface area contributed by atoms with E-state index < -0.39 is 15.7 Å². The van der Waals surface area contributed by atoms with Crippen molar-refractivity contribution in [3.63, 3.8) is 0 Å². The zero-order valence-corrected chi connectivity index (χ0v) is 12.7. The van der Waals surface area contributed by atoms with Crippen molar-refractivity contribution in [3.05, 3.63) is 29.6 Å². The Morgan fingerprint density at radius 2 is 2.15 bits per heavy atom. The van der Waals surface area contributed by atoms with Crippen LogP contribution in [0.2, 0.25) is 0 Å². The van der Waals surface area contributed by atoms with Crippen molar-refractivity contribution in [2.45, 2.75) is 13.3 Å². The third-order valence-electron chi connectivity index (χ3n) is 2.49. The van der Waals surface area contributed by atoms with Gasteiger partial charge >= 0.3 is 0 Å². The summed E-state index contributed by atoms with van der Waals surface area (Å²) >= 11 is 5.47. The van der Waals surface area contributed by atoms with Crippen LogP contribution >= 0.6 is 11.6 Å². The van der Waals surface area contributed by atoms with Gasteiger partial charge in [0.1, 0.15) is 18.2 Å². The molecule has 0 fully saturated rings. The van der Waals surface area contributed by atoms with Crippen molar-refractivity contribution in [2.75, 3.05) is 24.0 Å². The lowest BCUT2D eigenvalue weighted by Crippen LogP contribution is -2.15. The highest BCUT2D eigenvalue weighted by Crippen LogP contribution is 2.16. The van der Waals surface area contributed by atoms with Gasteiger partial charge in [0.25, 0.3) is 0 Å². The maximum absolute atomic E-state index is 13.7. The Morgan fingerprint density at radius 1 is 1.40 bits per heavy atom. The minimum atomic E-state index is -3.08. The molecular weight excluding hydrogens is 303 g/mol. The minimum Gasteiger partial charge on any atom is -0.492 e. The fraction of sp³-hybridized carbons (Fsp3) is 0.429. The molecule has 110 valence electrons. The quantitative estimate of drug-likeness (QED) is 0.598. The molecule has 0 aliphatic carbocycles. The molecule has 20 heavy (non-hydrogen) atoms. The number of rotatable bonds is 6. The maximum atomic E-state index is 13.7. The monoisotopic (exact) mass is 318 g/mol. The van der Waals surface area contributed by atoms with Crippen molar-refractivity contribution in [1.82, 2.24) is 0 Å². The first-order chi connectivity index (χ1) is 9.48. The molecule has 0 atom stereocenters. The van der Waals surface area contributed by atoms with E-state index >= 15 is 0 Å². The van der Waals surface area contributed by atoms with Crippen molar-refractivity contribution < 1.29 is 17.5 Å². The van der Waals surface area contributed by atoms with E-state index in [2.05, 4.69) is 11.8 Å². The fourth-order valence-corrected chi connectivity index (χ4v) is 2.04. The number of hydrogen-bond donors (Lipinski definition) is 0. The van der Waals surface area contributed by atoms with Gasteiger partial charge in [0.2, 0.25) is 0 Å². The van der Waals surface area contributed by atoms with E-state index in [1.54, 1.807) is 13.0 Å². The Balaban J connectivity index is 2.62. The molecule has 0 unspecified atom stereocenters. The topological polar surface area (TPSA) is 43.4 Å². The molecule has 0 heterocycles. The molecule has 0 spiro atoms. The van der Waals surface area contributed by atoms with Crippen LogP contribution in [-0.4, -0.2) is 32.4 Å². The number of alkyl halides is 1. The van der Waals surface area contributed by atoms with Crippen molar-refractivity contribution in [1.29, 1.82) is 0 Å². The van der Waals surface area contributed by atoms with Gasteiger partial charge in [0, 0.05) is 24.1 Å². The third kappa shape index (κ3) is 5.81. The summed E-state index contributed by atoms with van der Waals surface area (Å²) < 4.78 is 41.4. The van der Waals surface area contributed by atoms with E-state index in [0.717, 1.165) is 0 Å². The molecule has 0 bridgehead atoms. The summed E-state index contributed by atoms with van der Waals surface area (Å²) in [4.78, 5) is 0. The van der Waals surface area contributed by atoms with Gasteiger partial charge in [0.15, 0.2) is 9.84 Å². The zero-order valence-electron chi connectivity index (χ0n) is 11.2. The van der Waals surface area contributed by atoms with E-state index in [-0.39, 0.29) is 29.4 Å². The molecule has 0 N–H and O–H groups in total. The first-order valence-electron chi connectivity index (χ1n) is 6.16. The van der Waals surface area contributed by atoms with Crippen LogP contribution in [0.3, 0.4) is 0 Å². The standard InChI is InChI=1S/C14H16ClFO3S/c1-2-20(17,18)10-9-19-13-7-6-12(14(16)11-13)5-3-4-8-15/h6-7,11H,2,4,8-10H2,1H3. The van der Waals surface area contributed by atoms with Crippen LogP contribution in [0.25, 0.3) is 0 Å². The Morgan fingerprint density at radius 3 is 2.75 bits per heavy atom. The Bertz CT molecular complexity index is 603. The van der Waals surface area contributed by atoms with Crippen LogP contribution in [0, 0.1) is 17.7 Å². The van der Waals surface area contributed by atoms with Crippen LogP contribution in [0.5, 0.6) is 5.75 Å². The molecular formula is C14H16ClFO3S. The molecule has 1 aromatic rings. The second-order valence-corrected chi connectivity index (χ2v) is 6.82. The van der Waals surface area contributed by atoms with Crippen molar-refractivity contribution >= 4 is 21.4 Å². The Hall–Kier alpha value is -1.25. The highest BCUT2D eigenvalue weighted by Gasteiger charge is 2.08. The Labute approximate surface area is 124 Å². The fourth-order valence-electron chi connectivity index (χ4n) is 1.32. The number of ether oxygens (including phenoxy) is 1. The van der Waals surface area contributed by atoms with Gasteiger partial charge in [-0.05, 0) is 12.1 Å². The summed E-state index contributed by atoms with van der Waals surface area (Å²) in [6, 6.07) is 4.26. The van der Waals surface area contributed by atoms with Crippen molar-refractivity contribution in [2.24, 2.45) is 0 Å².